The van der Waals surface area contributed by atoms with E-state index in [1.165, 1.54) is 0 Å². The number of aromatic amines is 1. The Morgan fingerprint density at radius 2 is 2.03 bits per heavy atom. The average molecular weight is 409 g/mol. The molecule has 2 aliphatic rings. The Bertz CT molecular complexity index is 1000. The molecule has 2 saturated heterocycles. The first-order valence-electron chi connectivity index (χ1n) is 10.8. The molecule has 0 aliphatic carbocycles. The van der Waals surface area contributed by atoms with E-state index in [4.69, 9.17) is 14.1 Å². The number of piperidine rings is 1. The number of H-pyrrole nitrogens is 1. The molecule has 1 N–H and O–H groups in total. The standard InChI is InChI=1S/C23H28N4O3/c1-16-17(15-26-10-12-29-13-11-26)14-21(30-16)23(28)27-9-5-4-8-20(27)22-24-18-6-2-3-7-19(18)25-22/h2-3,6-7,14,20H,4-5,8-13,15H2,1H3,(H,24,25). The molecule has 1 amide bonds. The van der Waals surface area contributed by atoms with Crippen molar-refractivity contribution >= 4 is 16.9 Å². The van der Waals surface area contributed by atoms with Crippen molar-refractivity contribution in [3.05, 3.63) is 53.2 Å². The first-order chi connectivity index (χ1) is 14.7. The van der Waals surface area contributed by atoms with Gasteiger partial charge >= 0.3 is 0 Å². The van der Waals surface area contributed by atoms with Crippen LogP contribution in [0, 0.1) is 6.92 Å². The lowest BCUT2D eigenvalue weighted by Gasteiger charge is -2.33. The number of nitrogens with zero attached hydrogens (tertiary/aromatic N) is 3. The molecule has 7 heteroatoms. The topological polar surface area (TPSA) is 74.6 Å². The Morgan fingerprint density at radius 1 is 1.20 bits per heavy atom. The largest absolute Gasteiger partial charge is 0.456 e. The number of benzene rings is 1. The van der Waals surface area contributed by atoms with Gasteiger partial charge in [-0.1, -0.05) is 12.1 Å². The summed E-state index contributed by atoms with van der Waals surface area (Å²) >= 11 is 0. The number of carbonyl (C=O) groups excluding carboxylic acids is 1. The maximum atomic E-state index is 13.4. The minimum absolute atomic E-state index is 0.0449. The van der Waals surface area contributed by atoms with Gasteiger partial charge in [0.1, 0.15) is 11.6 Å². The molecule has 158 valence electrons. The zero-order valence-corrected chi connectivity index (χ0v) is 17.4. The Morgan fingerprint density at radius 3 is 2.87 bits per heavy atom. The third-order valence-corrected chi connectivity index (χ3v) is 6.22. The number of aromatic nitrogens is 2. The highest BCUT2D eigenvalue weighted by atomic mass is 16.5. The fraction of sp³-hybridized carbons (Fsp3) is 0.478. The van der Waals surface area contributed by atoms with Crippen LogP contribution in [0.25, 0.3) is 11.0 Å². The van der Waals surface area contributed by atoms with Crippen molar-refractivity contribution in [2.24, 2.45) is 0 Å². The number of hydrogen-bond donors (Lipinski definition) is 1. The summed E-state index contributed by atoms with van der Waals surface area (Å²) in [6.07, 6.45) is 3.00. The Labute approximate surface area is 176 Å². The first kappa shape index (κ1) is 19.3. The van der Waals surface area contributed by atoms with Crippen LogP contribution >= 0.6 is 0 Å². The maximum absolute atomic E-state index is 13.4. The van der Waals surface area contributed by atoms with E-state index < -0.39 is 0 Å². The van der Waals surface area contributed by atoms with Crippen LogP contribution in [0.1, 0.15) is 53.0 Å². The van der Waals surface area contributed by atoms with Crippen molar-refractivity contribution in [3.63, 3.8) is 0 Å². The van der Waals surface area contributed by atoms with Crippen LogP contribution in [0.15, 0.2) is 34.7 Å². The van der Waals surface area contributed by atoms with E-state index in [-0.39, 0.29) is 11.9 Å². The van der Waals surface area contributed by atoms with Crippen LogP contribution in [0.3, 0.4) is 0 Å². The predicted octanol–water partition coefficient (Wildman–Crippen LogP) is 3.66. The lowest BCUT2D eigenvalue weighted by Crippen LogP contribution is -2.38. The number of nitrogens with one attached hydrogen (secondary N) is 1. The molecule has 4 heterocycles. The van der Waals surface area contributed by atoms with Gasteiger partial charge in [0.2, 0.25) is 0 Å². The number of ether oxygens (including phenoxy) is 1. The second-order valence-electron chi connectivity index (χ2n) is 8.23. The van der Waals surface area contributed by atoms with Crippen molar-refractivity contribution in [1.29, 1.82) is 0 Å². The Hall–Kier alpha value is -2.64. The minimum atomic E-state index is -0.0493. The molecule has 2 aromatic heterocycles. The average Bonchev–Trinajstić information content (AvgIpc) is 3.37. The van der Waals surface area contributed by atoms with Crippen LogP contribution in [-0.2, 0) is 11.3 Å². The summed E-state index contributed by atoms with van der Waals surface area (Å²) in [5.41, 5.74) is 3.02. The highest BCUT2D eigenvalue weighted by molar-refractivity contribution is 5.92. The van der Waals surface area contributed by atoms with Gasteiger partial charge in [0, 0.05) is 31.7 Å². The van der Waals surface area contributed by atoms with Crippen molar-refractivity contribution in [1.82, 2.24) is 19.8 Å². The number of furan rings is 1. The number of para-hydroxylation sites is 2. The number of aryl methyl sites for hydroxylation is 1. The van der Waals surface area contributed by atoms with E-state index >= 15 is 0 Å². The van der Waals surface area contributed by atoms with E-state index in [1.54, 1.807) is 0 Å². The fourth-order valence-electron chi connectivity index (χ4n) is 4.51. The van der Waals surface area contributed by atoms with Gasteiger partial charge < -0.3 is 19.0 Å². The maximum Gasteiger partial charge on any atom is 0.290 e. The van der Waals surface area contributed by atoms with Crippen LogP contribution < -0.4 is 0 Å². The summed E-state index contributed by atoms with van der Waals surface area (Å²) in [7, 11) is 0. The molecule has 2 fully saturated rings. The molecular weight excluding hydrogens is 380 g/mol. The van der Waals surface area contributed by atoms with Crippen molar-refractivity contribution in [3.8, 4) is 0 Å². The van der Waals surface area contributed by atoms with Crippen LogP contribution in [0.4, 0.5) is 0 Å². The molecule has 3 aromatic rings. The molecule has 1 unspecified atom stereocenters. The van der Waals surface area contributed by atoms with E-state index in [1.807, 2.05) is 42.2 Å². The lowest BCUT2D eigenvalue weighted by molar-refractivity contribution is 0.0340. The number of carbonyl (C=O) groups is 1. The van der Waals surface area contributed by atoms with Gasteiger partial charge in [-0.25, -0.2) is 4.98 Å². The van der Waals surface area contributed by atoms with E-state index in [0.29, 0.717) is 5.76 Å². The Kier molecular flexibility index (Phi) is 5.31. The number of likely N-dealkylation sites (tertiary alicyclic amines) is 1. The number of hydrogen-bond acceptors (Lipinski definition) is 5. The van der Waals surface area contributed by atoms with Crippen molar-refractivity contribution in [2.45, 2.75) is 38.8 Å². The summed E-state index contributed by atoms with van der Waals surface area (Å²) < 4.78 is 11.4. The first-order valence-corrected chi connectivity index (χ1v) is 10.8. The molecule has 0 saturated carbocycles. The summed E-state index contributed by atoms with van der Waals surface area (Å²) in [6, 6.07) is 9.88. The molecule has 7 nitrogen and oxygen atoms in total. The van der Waals surface area contributed by atoms with E-state index in [2.05, 4.69) is 9.88 Å². The zero-order chi connectivity index (χ0) is 20.5. The lowest BCUT2D eigenvalue weighted by atomic mass is 10.0. The smallest absolute Gasteiger partial charge is 0.290 e. The normalized spacial score (nSPS) is 20.7. The van der Waals surface area contributed by atoms with E-state index in [0.717, 1.165) is 86.8 Å². The molecule has 1 atom stereocenters. The molecule has 2 aliphatic heterocycles. The summed E-state index contributed by atoms with van der Waals surface area (Å²) in [4.78, 5) is 25.9. The van der Waals surface area contributed by atoms with Crippen molar-refractivity contribution < 1.29 is 13.9 Å². The second kappa shape index (κ2) is 8.24. The third kappa shape index (κ3) is 3.75. The highest BCUT2D eigenvalue weighted by Gasteiger charge is 2.32. The van der Waals surface area contributed by atoms with Gasteiger partial charge in [-0.15, -0.1) is 0 Å². The summed E-state index contributed by atoms with van der Waals surface area (Å²) in [5, 5.41) is 0. The summed E-state index contributed by atoms with van der Waals surface area (Å²) in [5.74, 6) is 2.07. The molecular formula is C23H28N4O3. The molecule has 30 heavy (non-hydrogen) atoms. The van der Waals surface area contributed by atoms with Crippen LogP contribution in [-0.4, -0.2) is 58.5 Å². The number of morpholine rings is 1. The molecule has 0 spiro atoms. The monoisotopic (exact) mass is 408 g/mol. The van der Waals surface area contributed by atoms with Gasteiger partial charge in [-0.05, 0) is 44.4 Å². The number of rotatable bonds is 4. The second-order valence-corrected chi connectivity index (χ2v) is 8.23. The van der Waals surface area contributed by atoms with Crippen LogP contribution in [0.2, 0.25) is 0 Å². The van der Waals surface area contributed by atoms with Gasteiger partial charge in [0.15, 0.2) is 5.76 Å². The van der Waals surface area contributed by atoms with Gasteiger partial charge in [0.05, 0.1) is 30.3 Å². The molecule has 5 rings (SSSR count). The van der Waals surface area contributed by atoms with Crippen LogP contribution in [0.5, 0.6) is 0 Å². The summed E-state index contributed by atoms with van der Waals surface area (Å²) in [6.45, 7) is 6.80. The number of amides is 1. The molecule has 1 aromatic carbocycles. The number of fused-ring (bicyclic) bond motifs is 1. The quantitative estimate of drug-likeness (QED) is 0.713. The SMILES string of the molecule is Cc1oc(C(=O)N2CCCCC2c2nc3ccccc3[nH]2)cc1CN1CCOCC1. The fourth-order valence-corrected chi connectivity index (χ4v) is 4.51. The predicted molar refractivity (Wildman–Crippen MR) is 113 cm³/mol. The Balaban J connectivity index is 1.37. The van der Waals surface area contributed by atoms with E-state index in [9.17, 15) is 4.79 Å². The number of imidazole rings is 1. The van der Waals surface area contributed by atoms with Gasteiger partial charge in [0.25, 0.3) is 5.91 Å². The van der Waals surface area contributed by atoms with Gasteiger partial charge in [-0.3, -0.25) is 9.69 Å². The third-order valence-electron chi connectivity index (χ3n) is 6.22. The molecule has 0 radical (unpaired) electrons. The van der Waals surface area contributed by atoms with Gasteiger partial charge in [-0.2, -0.15) is 0 Å². The van der Waals surface area contributed by atoms with Crippen molar-refractivity contribution in [2.75, 3.05) is 32.8 Å². The highest BCUT2D eigenvalue weighted by Crippen LogP contribution is 2.32. The molecule has 0 bridgehead atoms. The minimum Gasteiger partial charge on any atom is -0.456 e. The zero-order valence-electron chi connectivity index (χ0n) is 17.4.